The molecule has 1 N–H and O–H groups in total. The summed E-state index contributed by atoms with van der Waals surface area (Å²) in [6, 6.07) is 15.3. The highest BCUT2D eigenvalue weighted by Crippen LogP contribution is 2.31. The topological polar surface area (TPSA) is 59.1 Å². The van der Waals surface area contributed by atoms with Crippen LogP contribution >= 0.6 is 27.3 Å². The van der Waals surface area contributed by atoms with Crippen LogP contribution in [0.5, 0.6) is 0 Å². The van der Waals surface area contributed by atoms with E-state index in [1.165, 1.54) is 11.3 Å². The minimum absolute atomic E-state index is 0.0315. The van der Waals surface area contributed by atoms with Crippen LogP contribution in [0.4, 0.5) is 5.13 Å². The molecule has 1 heterocycles. The summed E-state index contributed by atoms with van der Waals surface area (Å²) in [5.41, 5.74) is 3.60. The van der Waals surface area contributed by atoms with Gasteiger partial charge in [0.25, 0.3) is 0 Å². The Hall–Kier alpha value is -2.31. The lowest BCUT2D eigenvalue weighted by Crippen LogP contribution is -2.13. The molecule has 0 aliphatic carbocycles. The first-order chi connectivity index (χ1) is 12.9. The third kappa shape index (κ3) is 5.11. The molecule has 0 unspecified atom stereocenters. The number of nitrogens with zero attached hydrogens (tertiary/aromatic N) is 1. The van der Waals surface area contributed by atoms with Gasteiger partial charge < -0.3 is 5.32 Å². The fraction of sp³-hybridized carbons (Fsp3) is 0.190. The van der Waals surface area contributed by atoms with E-state index in [1.54, 1.807) is 12.1 Å². The first kappa shape index (κ1) is 19.5. The number of aryl methyl sites for hydroxylation is 2. The molecule has 3 aromatic rings. The Morgan fingerprint density at radius 1 is 1.00 bits per heavy atom. The fourth-order valence-corrected chi connectivity index (χ4v) is 3.73. The van der Waals surface area contributed by atoms with Gasteiger partial charge in [0, 0.05) is 33.3 Å². The van der Waals surface area contributed by atoms with Gasteiger partial charge in [-0.05, 0) is 26.0 Å². The van der Waals surface area contributed by atoms with E-state index in [1.807, 2.05) is 50.2 Å². The van der Waals surface area contributed by atoms with Crippen molar-refractivity contribution in [3.05, 3.63) is 69.0 Å². The number of anilines is 1. The summed E-state index contributed by atoms with van der Waals surface area (Å²) >= 11 is 4.86. The maximum atomic E-state index is 12.2. The van der Waals surface area contributed by atoms with Crippen molar-refractivity contribution in [2.75, 3.05) is 5.32 Å². The molecule has 0 bridgehead atoms. The Morgan fingerprint density at radius 2 is 1.67 bits per heavy atom. The van der Waals surface area contributed by atoms with Crippen molar-refractivity contribution in [1.29, 1.82) is 0 Å². The van der Waals surface area contributed by atoms with Gasteiger partial charge in [-0.3, -0.25) is 9.59 Å². The maximum absolute atomic E-state index is 12.2. The second-order valence-corrected chi connectivity index (χ2v) is 8.39. The molecular weight excluding hydrogens is 424 g/mol. The molecule has 0 atom stereocenters. The van der Waals surface area contributed by atoms with Crippen molar-refractivity contribution < 1.29 is 9.59 Å². The number of aromatic nitrogens is 1. The number of rotatable bonds is 6. The van der Waals surface area contributed by atoms with Crippen molar-refractivity contribution in [2.24, 2.45) is 0 Å². The Bertz CT molecular complexity index is 963. The zero-order chi connectivity index (χ0) is 19.4. The molecule has 0 saturated carbocycles. The first-order valence-corrected chi connectivity index (χ1v) is 10.2. The highest BCUT2D eigenvalue weighted by molar-refractivity contribution is 9.10. The SMILES string of the molecule is Cc1ccc(C(=O)CCC(=O)Nc2nc(-c3ccc(Br)cc3)c(C)s2)cc1. The molecule has 0 saturated heterocycles. The van der Waals surface area contributed by atoms with Crippen molar-refractivity contribution in [2.45, 2.75) is 26.7 Å². The quantitative estimate of drug-likeness (QED) is 0.491. The maximum Gasteiger partial charge on any atom is 0.226 e. The number of hydrogen-bond donors (Lipinski definition) is 1. The first-order valence-electron chi connectivity index (χ1n) is 8.55. The van der Waals surface area contributed by atoms with Crippen molar-refractivity contribution >= 4 is 44.1 Å². The molecule has 0 radical (unpaired) electrons. The van der Waals surface area contributed by atoms with E-state index in [4.69, 9.17) is 0 Å². The Labute approximate surface area is 170 Å². The Kier molecular flexibility index (Phi) is 6.19. The summed E-state index contributed by atoms with van der Waals surface area (Å²) in [6.07, 6.45) is 0.317. The van der Waals surface area contributed by atoms with Crippen LogP contribution < -0.4 is 5.32 Å². The smallest absolute Gasteiger partial charge is 0.226 e. The van der Waals surface area contributed by atoms with Crippen molar-refractivity contribution in [3.8, 4) is 11.3 Å². The van der Waals surface area contributed by atoms with Gasteiger partial charge in [-0.15, -0.1) is 11.3 Å². The summed E-state index contributed by atoms with van der Waals surface area (Å²) in [6.45, 7) is 3.95. The van der Waals surface area contributed by atoms with Gasteiger partial charge in [-0.2, -0.15) is 0 Å². The van der Waals surface area contributed by atoms with E-state index in [0.717, 1.165) is 26.2 Å². The lowest BCUT2D eigenvalue weighted by molar-refractivity contribution is -0.116. The van der Waals surface area contributed by atoms with Crippen LogP contribution in [-0.2, 0) is 4.79 Å². The molecule has 0 aliphatic rings. The van der Waals surface area contributed by atoms with Crippen LogP contribution in [0.3, 0.4) is 0 Å². The standard InChI is InChI=1S/C21H19BrN2O2S/c1-13-3-5-15(6-4-13)18(25)11-12-19(26)23-21-24-20(14(2)27-21)16-7-9-17(22)10-8-16/h3-10H,11-12H2,1-2H3,(H,23,24,26). The number of hydrogen-bond acceptors (Lipinski definition) is 4. The summed E-state index contributed by atoms with van der Waals surface area (Å²) in [5, 5.41) is 3.36. The van der Waals surface area contributed by atoms with Gasteiger partial charge in [0.2, 0.25) is 5.91 Å². The normalized spacial score (nSPS) is 10.6. The molecule has 6 heteroatoms. The van der Waals surface area contributed by atoms with Gasteiger partial charge in [-0.25, -0.2) is 4.98 Å². The van der Waals surface area contributed by atoms with E-state index < -0.39 is 0 Å². The summed E-state index contributed by atoms with van der Waals surface area (Å²) < 4.78 is 1.01. The molecule has 0 aliphatic heterocycles. The fourth-order valence-electron chi connectivity index (χ4n) is 2.62. The highest BCUT2D eigenvalue weighted by atomic mass is 79.9. The van der Waals surface area contributed by atoms with Gasteiger partial charge in [0.05, 0.1) is 5.69 Å². The summed E-state index contributed by atoms with van der Waals surface area (Å²) in [4.78, 5) is 29.9. The minimum Gasteiger partial charge on any atom is -0.302 e. The highest BCUT2D eigenvalue weighted by Gasteiger charge is 2.14. The van der Waals surface area contributed by atoms with Crippen LogP contribution in [0.15, 0.2) is 53.0 Å². The monoisotopic (exact) mass is 442 g/mol. The van der Waals surface area contributed by atoms with E-state index in [0.29, 0.717) is 10.7 Å². The van der Waals surface area contributed by atoms with Gasteiger partial charge in [-0.1, -0.05) is 57.9 Å². The molecule has 138 valence electrons. The Balaban J connectivity index is 1.59. The summed E-state index contributed by atoms with van der Waals surface area (Å²) in [7, 11) is 0. The molecular formula is C21H19BrN2O2S. The third-order valence-electron chi connectivity index (χ3n) is 4.11. The molecule has 4 nitrogen and oxygen atoms in total. The number of amides is 1. The predicted molar refractivity (Wildman–Crippen MR) is 113 cm³/mol. The summed E-state index contributed by atoms with van der Waals surface area (Å²) in [5.74, 6) is -0.234. The molecule has 0 spiro atoms. The number of benzene rings is 2. The van der Waals surface area contributed by atoms with Crippen LogP contribution in [0.1, 0.15) is 33.6 Å². The number of carbonyl (C=O) groups excluding carboxylic acids is 2. The largest absolute Gasteiger partial charge is 0.302 e. The third-order valence-corrected chi connectivity index (χ3v) is 5.53. The number of Topliss-reactive ketones (excluding diaryl/α,β-unsaturated/α-hetero) is 1. The lowest BCUT2D eigenvalue weighted by atomic mass is 10.1. The number of halogens is 1. The molecule has 1 aromatic heterocycles. The van der Waals surface area contributed by atoms with Crippen molar-refractivity contribution in [3.63, 3.8) is 0 Å². The molecule has 27 heavy (non-hydrogen) atoms. The molecule has 3 rings (SSSR count). The van der Waals surface area contributed by atoms with E-state index in [2.05, 4.69) is 26.2 Å². The average Bonchev–Trinajstić information content (AvgIpc) is 3.01. The van der Waals surface area contributed by atoms with Gasteiger partial charge >= 0.3 is 0 Å². The number of ketones is 1. The predicted octanol–water partition coefficient (Wildman–Crippen LogP) is 5.79. The van der Waals surface area contributed by atoms with E-state index >= 15 is 0 Å². The zero-order valence-corrected chi connectivity index (χ0v) is 17.5. The van der Waals surface area contributed by atoms with Crippen LogP contribution in [0.25, 0.3) is 11.3 Å². The molecule has 2 aromatic carbocycles. The van der Waals surface area contributed by atoms with E-state index in [-0.39, 0.29) is 24.5 Å². The Morgan fingerprint density at radius 3 is 2.33 bits per heavy atom. The van der Waals surface area contributed by atoms with E-state index in [9.17, 15) is 9.59 Å². The van der Waals surface area contributed by atoms with Crippen LogP contribution in [-0.4, -0.2) is 16.7 Å². The van der Waals surface area contributed by atoms with Gasteiger partial charge in [0.15, 0.2) is 10.9 Å². The molecule has 0 fully saturated rings. The zero-order valence-electron chi connectivity index (χ0n) is 15.1. The number of nitrogens with one attached hydrogen (secondary N) is 1. The second kappa shape index (κ2) is 8.59. The lowest BCUT2D eigenvalue weighted by Gasteiger charge is -2.03. The average molecular weight is 443 g/mol. The van der Waals surface area contributed by atoms with Crippen LogP contribution in [0, 0.1) is 13.8 Å². The van der Waals surface area contributed by atoms with Crippen LogP contribution in [0.2, 0.25) is 0 Å². The second-order valence-electron chi connectivity index (χ2n) is 6.27. The molecule has 1 amide bonds. The number of carbonyl (C=O) groups is 2. The minimum atomic E-state index is -0.202. The van der Waals surface area contributed by atoms with Crippen molar-refractivity contribution in [1.82, 2.24) is 4.98 Å². The van der Waals surface area contributed by atoms with Gasteiger partial charge in [0.1, 0.15) is 0 Å². The number of thiazole rings is 1.